The average Bonchev–Trinajstić information content (AvgIpc) is 3.06. The van der Waals surface area contributed by atoms with E-state index in [9.17, 15) is 19.2 Å². The predicted molar refractivity (Wildman–Crippen MR) is 174 cm³/mol. The molecule has 0 spiro atoms. The summed E-state index contributed by atoms with van der Waals surface area (Å²) in [6, 6.07) is 17.7. The van der Waals surface area contributed by atoms with E-state index in [1.54, 1.807) is 60.7 Å². The van der Waals surface area contributed by atoms with Gasteiger partial charge in [-0.2, -0.15) is 0 Å². The quantitative estimate of drug-likeness (QED) is 0.292. The van der Waals surface area contributed by atoms with E-state index >= 15 is 0 Å². The molecule has 1 fully saturated rings. The van der Waals surface area contributed by atoms with Crippen LogP contribution in [0, 0.1) is 11.8 Å². The lowest BCUT2D eigenvalue weighted by Crippen LogP contribution is -2.47. The molecule has 234 valence electrons. The molecule has 3 aromatic rings. The molecule has 4 aliphatic rings. The van der Waals surface area contributed by atoms with Crippen LogP contribution in [0.5, 0.6) is 5.75 Å². The van der Waals surface area contributed by atoms with Gasteiger partial charge in [0.15, 0.2) is 0 Å². The van der Waals surface area contributed by atoms with Crippen LogP contribution in [0.25, 0.3) is 0 Å². The number of rotatable bonds is 7. The maximum atomic E-state index is 13.7. The van der Waals surface area contributed by atoms with E-state index in [0.29, 0.717) is 48.9 Å². The lowest BCUT2D eigenvalue weighted by Gasteiger charge is -2.44. The number of nitrogens with zero attached hydrogens (tertiary/aromatic N) is 2. The Morgan fingerprint density at radius 1 is 0.935 bits per heavy atom. The summed E-state index contributed by atoms with van der Waals surface area (Å²) in [6.07, 6.45) is 9.50. The Kier molecular flexibility index (Phi) is 7.78. The molecule has 10 heteroatoms. The number of amides is 2. The Balaban J connectivity index is 1.19. The molecule has 0 radical (unpaired) electrons. The number of aromatic nitrogens is 1. The van der Waals surface area contributed by atoms with Crippen LogP contribution in [0.2, 0.25) is 0 Å². The molecule has 1 aliphatic carbocycles. The van der Waals surface area contributed by atoms with Gasteiger partial charge in [-0.05, 0) is 73.9 Å². The van der Waals surface area contributed by atoms with Crippen LogP contribution in [-0.4, -0.2) is 48.2 Å². The average molecular weight is 619 g/mol. The van der Waals surface area contributed by atoms with Crippen LogP contribution in [0.3, 0.4) is 0 Å². The lowest BCUT2D eigenvalue weighted by molar-refractivity contribution is -0.145. The summed E-state index contributed by atoms with van der Waals surface area (Å²) in [4.78, 5) is 54.7. The minimum atomic E-state index is -0.695. The molecule has 2 N–H and O–H groups in total. The molecule has 2 bridgehead atoms. The number of ether oxygens (including phenoxy) is 2. The highest BCUT2D eigenvalue weighted by Crippen LogP contribution is 2.39. The summed E-state index contributed by atoms with van der Waals surface area (Å²) >= 11 is 0. The van der Waals surface area contributed by atoms with Gasteiger partial charge in [0.2, 0.25) is 0 Å². The van der Waals surface area contributed by atoms with Crippen LogP contribution in [0.15, 0.2) is 101 Å². The molecule has 10 nitrogen and oxygen atoms in total. The number of esters is 1. The Labute approximate surface area is 266 Å². The first-order valence-electron chi connectivity index (χ1n) is 15.6. The van der Waals surface area contributed by atoms with Crippen molar-refractivity contribution in [3.63, 3.8) is 0 Å². The van der Waals surface area contributed by atoms with Gasteiger partial charge in [0.1, 0.15) is 17.4 Å². The standard InChI is InChI=1S/C36H34N4O6/c1-2-45-27-13-11-26(12-14-27)37-34(42)24-10-15-31(39-19-22-16-25(21-39)30-7-5-9-33(41)40(30)20-22)29(18-24)38-35(43)28-17-23-6-3-4-8-32(23)46-36(28)44/h3-15,17-18,22-23,25,32H,2,16,19-21H2,1H3,(H,37,42)(H,38,43)/t22-,23-,25+,32+/m1/s1. The molecule has 2 amide bonds. The second-order valence-electron chi connectivity index (χ2n) is 12.0. The molecule has 1 saturated heterocycles. The second-order valence-corrected chi connectivity index (χ2v) is 12.0. The van der Waals surface area contributed by atoms with Gasteiger partial charge in [0.05, 0.1) is 18.0 Å². The van der Waals surface area contributed by atoms with Crippen molar-refractivity contribution >= 4 is 34.8 Å². The SMILES string of the molecule is CCOc1ccc(NC(=O)c2ccc(N3C[C@H]4C[C@@H](C3)c3cccc(=O)n3C4)c(NC(=O)C3=C[C@H]4C=CC=C[C@@H]4OC3=O)c2)cc1. The molecule has 1 aromatic heterocycles. The summed E-state index contributed by atoms with van der Waals surface area (Å²) in [5.74, 6) is -0.823. The summed E-state index contributed by atoms with van der Waals surface area (Å²) < 4.78 is 12.9. The number of hydrogen-bond donors (Lipinski definition) is 2. The Bertz CT molecular complexity index is 1860. The van der Waals surface area contributed by atoms with Crippen molar-refractivity contribution < 1.29 is 23.9 Å². The van der Waals surface area contributed by atoms with Gasteiger partial charge < -0.3 is 29.6 Å². The van der Waals surface area contributed by atoms with E-state index in [0.717, 1.165) is 17.8 Å². The summed E-state index contributed by atoms with van der Waals surface area (Å²) in [5.41, 5.74) is 3.00. The Morgan fingerprint density at radius 3 is 2.59 bits per heavy atom. The van der Waals surface area contributed by atoms with Crippen molar-refractivity contribution in [2.45, 2.75) is 31.9 Å². The first kappa shape index (κ1) is 29.3. The van der Waals surface area contributed by atoms with Gasteiger partial charge in [0, 0.05) is 54.5 Å². The van der Waals surface area contributed by atoms with E-state index in [4.69, 9.17) is 9.47 Å². The molecule has 0 unspecified atom stereocenters. The van der Waals surface area contributed by atoms with E-state index in [1.807, 2.05) is 41.9 Å². The number of pyridine rings is 1. The van der Waals surface area contributed by atoms with Crippen LogP contribution in [0.4, 0.5) is 17.1 Å². The van der Waals surface area contributed by atoms with Crippen molar-refractivity contribution in [1.29, 1.82) is 0 Å². The molecule has 3 aliphatic heterocycles. The van der Waals surface area contributed by atoms with E-state index < -0.39 is 18.0 Å². The molecular formula is C36H34N4O6. The number of benzene rings is 2. The number of carbonyl (C=O) groups excluding carboxylic acids is 3. The van der Waals surface area contributed by atoms with Gasteiger partial charge in [0.25, 0.3) is 17.4 Å². The molecule has 2 aromatic carbocycles. The van der Waals surface area contributed by atoms with Crippen LogP contribution >= 0.6 is 0 Å². The topological polar surface area (TPSA) is 119 Å². The van der Waals surface area contributed by atoms with Crippen molar-refractivity contribution in [2.75, 3.05) is 35.2 Å². The highest BCUT2D eigenvalue weighted by molar-refractivity contribution is 6.22. The number of fused-ring (bicyclic) bond motifs is 5. The molecule has 46 heavy (non-hydrogen) atoms. The second kappa shape index (κ2) is 12.2. The molecule has 4 heterocycles. The van der Waals surface area contributed by atoms with Gasteiger partial charge >= 0.3 is 5.97 Å². The highest BCUT2D eigenvalue weighted by Gasteiger charge is 2.36. The third kappa shape index (κ3) is 5.74. The maximum Gasteiger partial charge on any atom is 0.344 e. The molecule has 7 rings (SSSR count). The summed E-state index contributed by atoms with van der Waals surface area (Å²) in [6.45, 7) is 4.37. The zero-order valence-corrected chi connectivity index (χ0v) is 25.3. The van der Waals surface area contributed by atoms with Crippen molar-refractivity contribution in [3.05, 3.63) is 118 Å². The van der Waals surface area contributed by atoms with Crippen LogP contribution in [0.1, 0.15) is 35.3 Å². The minimum Gasteiger partial charge on any atom is -0.494 e. The number of hydrogen-bond acceptors (Lipinski definition) is 7. The zero-order chi connectivity index (χ0) is 31.8. The molecular weight excluding hydrogens is 584 g/mol. The van der Waals surface area contributed by atoms with Gasteiger partial charge in [-0.25, -0.2) is 4.79 Å². The monoisotopic (exact) mass is 618 g/mol. The van der Waals surface area contributed by atoms with Crippen molar-refractivity contribution in [1.82, 2.24) is 4.57 Å². The smallest absolute Gasteiger partial charge is 0.344 e. The number of carbonyl (C=O) groups is 3. The fourth-order valence-electron chi connectivity index (χ4n) is 6.83. The largest absolute Gasteiger partial charge is 0.494 e. The molecule has 4 atom stereocenters. The third-order valence-electron chi connectivity index (χ3n) is 8.94. The predicted octanol–water partition coefficient (Wildman–Crippen LogP) is 4.66. The van der Waals surface area contributed by atoms with Crippen molar-refractivity contribution in [3.8, 4) is 5.75 Å². The highest BCUT2D eigenvalue weighted by atomic mass is 16.5. The first-order valence-corrected chi connectivity index (χ1v) is 15.6. The van der Waals surface area contributed by atoms with Crippen LogP contribution in [-0.2, 0) is 20.9 Å². The zero-order valence-electron chi connectivity index (χ0n) is 25.3. The number of piperidine rings is 1. The lowest BCUT2D eigenvalue weighted by atomic mass is 9.83. The van der Waals surface area contributed by atoms with Gasteiger partial charge in [-0.1, -0.05) is 30.4 Å². The van der Waals surface area contributed by atoms with Gasteiger partial charge in [-0.3, -0.25) is 14.4 Å². The number of allylic oxidation sites excluding steroid dienone is 2. The maximum absolute atomic E-state index is 13.7. The van der Waals surface area contributed by atoms with E-state index in [1.165, 1.54) is 0 Å². The molecule has 0 saturated carbocycles. The van der Waals surface area contributed by atoms with Gasteiger partial charge in [-0.15, -0.1) is 0 Å². The van der Waals surface area contributed by atoms with E-state index in [-0.39, 0.29) is 34.8 Å². The minimum absolute atomic E-state index is 0.00896. The van der Waals surface area contributed by atoms with Crippen molar-refractivity contribution in [2.24, 2.45) is 11.8 Å². The van der Waals surface area contributed by atoms with Crippen LogP contribution < -0.4 is 25.8 Å². The normalized spacial score (nSPS) is 22.6. The Morgan fingerprint density at radius 2 is 1.76 bits per heavy atom. The number of anilines is 3. The summed E-state index contributed by atoms with van der Waals surface area (Å²) in [5, 5.41) is 5.84. The fourth-order valence-corrected chi connectivity index (χ4v) is 6.83. The third-order valence-corrected chi connectivity index (χ3v) is 8.94. The Hall–Kier alpha value is -5.38. The summed E-state index contributed by atoms with van der Waals surface area (Å²) in [7, 11) is 0. The van der Waals surface area contributed by atoms with E-state index in [2.05, 4.69) is 15.5 Å². The fraction of sp³-hybridized carbons (Fsp3) is 0.278. The first-order chi connectivity index (χ1) is 22.4. The number of nitrogens with one attached hydrogen (secondary N) is 2.